The molecule has 0 amide bonds. The minimum Gasteiger partial charge on any atom is -0.495 e. The molecule has 0 aliphatic carbocycles. The lowest BCUT2D eigenvalue weighted by molar-refractivity contribution is 0.180. The van der Waals surface area contributed by atoms with Crippen molar-refractivity contribution in [3.8, 4) is 5.75 Å². The molecule has 3 rings (SSSR count). The molecule has 2 aromatic rings. The number of sulfonamides is 1. The Bertz CT molecular complexity index is 909. The van der Waals surface area contributed by atoms with Gasteiger partial charge < -0.3 is 9.26 Å². The van der Waals surface area contributed by atoms with E-state index in [0.29, 0.717) is 31.9 Å². The Hall–Kier alpha value is -1.90. The molecule has 1 aliphatic heterocycles. The minimum atomic E-state index is -3.60. The van der Waals surface area contributed by atoms with Crippen LogP contribution in [0.2, 0.25) is 0 Å². The smallest absolute Gasteiger partial charge is 0.246 e. The molecule has 148 valence electrons. The molecule has 1 fully saturated rings. The molecular formula is C19H27N3O4S. The largest absolute Gasteiger partial charge is 0.495 e. The Morgan fingerprint density at radius 1 is 1.07 bits per heavy atom. The lowest BCUT2D eigenvalue weighted by atomic mass is 10.1. The second-order valence-electron chi connectivity index (χ2n) is 7.07. The molecule has 27 heavy (non-hydrogen) atoms. The molecule has 1 saturated heterocycles. The summed E-state index contributed by atoms with van der Waals surface area (Å²) in [5.74, 6) is 1.22. The highest BCUT2D eigenvalue weighted by molar-refractivity contribution is 7.89. The predicted octanol–water partition coefficient (Wildman–Crippen LogP) is 2.42. The zero-order valence-corrected chi connectivity index (χ0v) is 17.4. The zero-order chi connectivity index (χ0) is 19.8. The van der Waals surface area contributed by atoms with Gasteiger partial charge in [0.25, 0.3) is 0 Å². The van der Waals surface area contributed by atoms with Gasteiger partial charge in [-0.25, -0.2) is 8.42 Å². The van der Waals surface area contributed by atoms with E-state index >= 15 is 0 Å². The van der Waals surface area contributed by atoms with Gasteiger partial charge in [0.15, 0.2) is 0 Å². The fourth-order valence-corrected chi connectivity index (χ4v) is 4.99. The van der Waals surface area contributed by atoms with Crippen LogP contribution in [0.1, 0.15) is 28.1 Å². The van der Waals surface area contributed by atoms with Gasteiger partial charge in [0.05, 0.1) is 12.8 Å². The van der Waals surface area contributed by atoms with Crippen LogP contribution in [0.5, 0.6) is 5.75 Å². The zero-order valence-electron chi connectivity index (χ0n) is 16.6. The number of hydrogen-bond donors (Lipinski definition) is 0. The molecule has 8 heteroatoms. The molecule has 0 atom stereocenters. The number of aromatic nitrogens is 1. The van der Waals surface area contributed by atoms with Crippen LogP contribution in [-0.2, 0) is 16.6 Å². The minimum absolute atomic E-state index is 0.243. The molecule has 1 aliphatic rings. The third-order valence-corrected chi connectivity index (χ3v) is 7.21. The van der Waals surface area contributed by atoms with E-state index in [2.05, 4.69) is 10.1 Å². The maximum atomic E-state index is 13.2. The van der Waals surface area contributed by atoms with Gasteiger partial charge >= 0.3 is 0 Å². The summed E-state index contributed by atoms with van der Waals surface area (Å²) < 4.78 is 38.4. The second-order valence-corrected chi connectivity index (χ2v) is 8.98. The van der Waals surface area contributed by atoms with Crippen LogP contribution in [0.3, 0.4) is 0 Å². The highest BCUT2D eigenvalue weighted by Gasteiger charge is 2.31. The van der Waals surface area contributed by atoms with Crippen molar-refractivity contribution in [2.45, 2.75) is 39.1 Å². The second kappa shape index (κ2) is 7.61. The molecule has 0 N–H and O–H groups in total. The number of hydrogen-bond acceptors (Lipinski definition) is 6. The van der Waals surface area contributed by atoms with Gasteiger partial charge in [0.1, 0.15) is 16.4 Å². The summed E-state index contributed by atoms with van der Waals surface area (Å²) in [7, 11) is -2.09. The maximum absolute atomic E-state index is 13.2. The number of ether oxygens (including phenoxy) is 1. The van der Waals surface area contributed by atoms with Crippen LogP contribution in [0.15, 0.2) is 21.6 Å². The first-order valence-electron chi connectivity index (χ1n) is 9.03. The first-order valence-corrected chi connectivity index (χ1v) is 10.5. The van der Waals surface area contributed by atoms with Gasteiger partial charge in [0.2, 0.25) is 10.0 Å². The maximum Gasteiger partial charge on any atom is 0.246 e. The fourth-order valence-electron chi connectivity index (χ4n) is 3.34. The van der Waals surface area contributed by atoms with Crippen molar-refractivity contribution in [3.63, 3.8) is 0 Å². The molecule has 2 heterocycles. The van der Waals surface area contributed by atoms with Crippen LogP contribution in [0, 0.1) is 27.7 Å². The summed E-state index contributed by atoms with van der Waals surface area (Å²) in [5, 5.41) is 3.99. The molecule has 0 unspecified atom stereocenters. The summed E-state index contributed by atoms with van der Waals surface area (Å²) >= 11 is 0. The molecule has 0 saturated carbocycles. The van der Waals surface area contributed by atoms with Gasteiger partial charge in [-0.1, -0.05) is 5.16 Å². The van der Waals surface area contributed by atoms with E-state index < -0.39 is 10.0 Å². The van der Waals surface area contributed by atoms with E-state index in [1.54, 1.807) is 16.4 Å². The molecule has 0 bridgehead atoms. The average Bonchev–Trinajstić information content (AvgIpc) is 2.96. The quantitative estimate of drug-likeness (QED) is 0.777. The molecule has 0 radical (unpaired) electrons. The Balaban J connectivity index is 1.75. The summed E-state index contributed by atoms with van der Waals surface area (Å²) in [6.45, 7) is 10.6. The van der Waals surface area contributed by atoms with E-state index in [4.69, 9.17) is 9.26 Å². The van der Waals surface area contributed by atoms with Crippen molar-refractivity contribution in [2.75, 3.05) is 33.3 Å². The topological polar surface area (TPSA) is 75.9 Å². The lowest BCUT2D eigenvalue weighted by Gasteiger charge is -2.34. The molecular weight excluding hydrogens is 366 g/mol. The standard InChI is InChI=1S/C19H27N3O4S/c1-13-10-18(25-5)19(11-14(13)2)27(23,24)22-8-6-21(7-9-22)12-17-15(3)20-26-16(17)4/h10-11H,6-9,12H2,1-5H3. The normalized spacial score (nSPS) is 16.6. The number of methoxy groups -OCH3 is 1. The Morgan fingerprint density at radius 3 is 2.26 bits per heavy atom. The number of piperazine rings is 1. The van der Waals surface area contributed by atoms with E-state index in [9.17, 15) is 8.42 Å². The van der Waals surface area contributed by atoms with Crippen molar-refractivity contribution in [3.05, 3.63) is 40.3 Å². The predicted molar refractivity (Wildman–Crippen MR) is 102 cm³/mol. The first kappa shape index (κ1) is 19.9. The molecule has 0 spiro atoms. The number of aryl methyl sites for hydroxylation is 4. The van der Waals surface area contributed by atoms with Gasteiger partial charge in [0, 0.05) is 38.3 Å². The van der Waals surface area contributed by atoms with Crippen molar-refractivity contribution in [1.29, 1.82) is 0 Å². The van der Waals surface area contributed by atoms with Gasteiger partial charge in [-0.15, -0.1) is 0 Å². The van der Waals surface area contributed by atoms with Crippen LogP contribution >= 0.6 is 0 Å². The lowest BCUT2D eigenvalue weighted by Crippen LogP contribution is -2.48. The van der Waals surface area contributed by atoms with Crippen LogP contribution in [-0.4, -0.2) is 56.1 Å². The monoisotopic (exact) mass is 393 g/mol. The SMILES string of the molecule is COc1cc(C)c(C)cc1S(=O)(=O)N1CCN(Cc2c(C)noc2C)CC1. The summed E-state index contributed by atoms with van der Waals surface area (Å²) in [4.78, 5) is 2.48. The highest BCUT2D eigenvalue weighted by atomic mass is 32.2. The van der Waals surface area contributed by atoms with E-state index in [1.165, 1.54) is 7.11 Å². The summed E-state index contributed by atoms with van der Waals surface area (Å²) in [6, 6.07) is 3.50. The fraction of sp³-hybridized carbons (Fsp3) is 0.526. The molecule has 1 aromatic heterocycles. The van der Waals surface area contributed by atoms with E-state index in [-0.39, 0.29) is 4.90 Å². The molecule has 1 aromatic carbocycles. The first-order chi connectivity index (χ1) is 12.7. The molecule has 7 nitrogen and oxygen atoms in total. The van der Waals surface area contributed by atoms with Crippen molar-refractivity contribution in [1.82, 2.24) is 14.4 Å². The van der Waals surface area contributed by atoms with Crippen LogP contribution in [0.4, 0.5) is 0 Å². The third-order valence-electron chi connectivity index (χ3n) is 5.29. The number of nitrogens with zero attached hydrogens (tertiary/aromatic N) is 3. The van der Waals surface area contributed by atoms with E-state index in [0.717, 1.165) is 34.7 Å². The van der Waals surface area contributed by atoms with Crippen molar-refractivity contribution < 1.29 is 17.7 Å². The average molecular weight is 394 g/mol. The third kappa shape index (κ3) is 3.88. The Kier molecular flexibility index (Phi) is 5.60. The van der Waals surface area contributed by atoms with Gasteiger partial charge in [-0.05, 0) is 51.0 Å². The Morgan fingerprint density at radius 2 is 1.70 bits per heavy atom. The summed E-state index contributed by atoms with van der Waals surface area (Å²) in [6.07, 6.45) is 0. The van der Waals surface area contributed by atoms with Gasteiger partial charge in [-0.2, -0.15) is 4.31 Å². The van der Waals surface area contributed by atoms with Crippen molar-refractivity contribution in [2.24, 2.45) is 0 Å². The summed E-state index contributed by atoms with van der Waals surface area (Å²) in [5.41, 5.74) is 3.92. The van der Waals surface area contributed by atoms with Gasteiger partial charge in [-0.3, -0.25) is 4.90 Å². The Labute approximate surface area is 160 Å². The highest BCUT2D eigenvalue weighted by Crippen LogP contribution is 2.30. The number of benzene rings is 1. The van der Waals surface area contributed by atoms with Crippen molar-refractivity contribution >= 4 is 10.0 Å². The van der Waals surface area contributed by atoms with Crippen LogP contribution < -0.4 is 4.74 Å². The number of rotatable bonds is 5. The van der Waals surface area contributed by atoms with Crippen LogP contribution in [0.25, 0.3) is 0 Å². The van der Waals surface area contributed by atoms with E-state index in [1.807, 2.05) is 27.7 Å².